The molecule has 0 saturated carbocycles. The van der Waals surface area contributed by atoms with Crippen molar-refractivity contribution in [2.45, 2.75) is 38.0 Å². The van der Waals surface area contributed by atoms with Crippen LogP contribution in [-0.4, -0.2) is 38.5 Å². The second-order valence-corrected chi connectivity index (χ2v) is 6.54. The van der Waals surface area contributed by atoms with Crippen molar-refractivity contribution in [1.29, 1.82) is 0 Å². The monoisotopic (exact) mass is 319 g/mol. The number of rotatable bonds is 4. The molecule has 2 heterocycles. The van der Waals surface area contributed by atoms with Crippen molar-refractivity contribution in [2.75, 3.05) is 6.54 Å². The lowest BCUT2D eigenvalue weighted by Gasteiger charge is -2.39. The molecular formula is C17H22ClN3O. The van der Waals surface area contributed by atoms with Gasteiger partial charge in [0.25, 0.3) is 0 Å². The van der Waals surface area contributed by atoms with Gasteiger partial charge in [-0.05, 0) is 43.5 Å². The minimum atomic E-state index is -0.277. The number of hydrogen-bond donors (Lipinski definition) is 1. The van der Waals surface area contributed by atoms with Crippen molar-refractivity contribution in [1.82, 2.24) is 14.7 Å². The van der Waals surface area contributed by atoms with Gasteiger partial charge in [-0.3, -0.25) is 9.58 Å². The third-order valence-electron chi connectivity index (χ3n) is 4.36. The van der Waals surface area contributed by atoms with E-state index >= 15 is 0 Å². The molecule has 22 heavy (non-hydrogen) atoms. The number of halogens is 1. The van der Waals surface area contributed by atoms with Crippen LogP contribution in [0.4, 0.5) is 0 Å². The molecular weight excluding hydrogens is 298 g/mol. The molecule has 0 bridgehead atoms. The Kier molecular flexibility index (Phi) is 4.81. The molecule has 1 aliphatic heterocycles. The van der Waals surface area contributed by atoms with Crippen molar-refractivity contribution in [3.8, 4) is 0 Å². The first-order chi connectivity index (χ1) is 10.6. The number of nitrogens with zero attached hydrogens (tertiary/aromatic N) is 3. The fraction of sp³-hybridized carbons (Fsp3) is 0.471. The molecule has 0 unspecified atom stereocenters. The second-order valence-electron chi connectivity index (χ2n) is 6.10. The van der Waals surface area contributed by atoms with Crippen molar-refractivity contribution in [3.05, 3.63) is 52.8 Å². The van der Waals surface area contributed by atoms with Gasteiger partial charge in [-0.1, -0.05) is 23.7 Å². The third kappa shape index (κ3) is 3.69. The minimum absolute atomic E-state index is 0.148. The van der Waals surface area contributed by atoms with Crippen LogP contribution in [0.2, 0.25) is 5.02 Å². The summed E-state index contributed by atoms with van der Waals surface area (Å²) in [5, 5.41) is 15.4. The predicted octanol–water partition coefficient (Wildman–Crippen LogP) is 2.64. The Bertz CT molecular complexity index is 611. The van der Waals surface area contributed by atoms with E-state index in [4.69, 9.17) is 11.6 Å². The first-order valence-corrected chi connectivity index (χ1v) is 8.14. The number of piperidine rings is 1. The number of hydrogen-bond acceptors (Lipinski definition) is 3. The molecule has 0 amide bonds. The summed E-state index contributed by atoms with van der Waals surface area (Å²) in [4.78, 5) is 2.37. The van der Waals surface area contributed by atoms with Crippen LogP contribution in [-0.2, 0) is 20.0 Å². The van der Waals surface area contributed by atoms with Gasteiger partial charge in [-0.15, -0.1) is 0 Å². The first-order valence-electron chi connectivity index (χ1n) is 7.76. The lowest BCUT2D eigenvalue weighted by atomic mass is 9.92. The molecule has 1 saturated heterocycles. The Morgan fingerprint density at radius 1 is 1.27 bits per heavy atom. The molecule has 1 aliphatic rings. The molecule has 2 aromatic rings. The first kappa shape index (κ1) is 15.5. The molecule has 4 nitrogen and oxygen atoms in total. The lowest BCUT2D eigenvalue weighted by Crippen LogP contribution is -2.48. The van der Waals surface area contributed by atoms with Gasteiger partial charge in [0.1, 0.15) is 0 Å². The SMILES string of the molecule is Cn1cc(CN2CCC[C@H](O)[C@@H]2Cc2ccc(Cl)cc2)cn1. The lowest BCUT2D eigenvalue weighted by molar-refractivity contribution is 0.00672. The molecule has 3 rings (SSSR count). The summed E-state index contributed by atoms with van der Waals surface area (Å²) >= 11 is 5.95. The molecule has 0 radical (unpaired) electrons. The van der Waals surface area contributed by atoms with Gasteiger partial charge >= 0.3 is 0 Å². The Hall–Kier alpha value is -1.36. The smallest absolute Gasteiger partial charge is 0.0699 e. The Labute approximate surface area is 136 Å². The van der Waals surface area contributed by atoms with E-state index in [0.717, 1.165) is 37.4 Å². The zero-order chi connectivity index (χ0) is 15.5. The van der Waals surface area contributed by atoms with Gasteiger partial charge in [0.15, 0.2) is 0 Å². The Morgan fingerprint density at radius 3 is 2.73 bits per heavy atom. The molecule has 1 aromatic heterocycles. The topological polar surface area (TPSA) is 41.3 Å². The van der Waals surface area contributed by atoms with Crippen molar-refractivity contribution in [2.24, 2.45) is 7.05 Å². The normalized spacial score (nSPS) is 22.9. The number of aliphatic hydroxyl groups is 1. The molecule has 2 atom stereocenters. The molecule has 1 N–H and O–H groups in total. The molecule has 5 heteroatoms. The highest BCUT2D eigenvalue weighted by Crippen LogP contribution is 2.24. The summed E-state index contributed by atoms with van der Waals surface area (Å²) in [5.41, 5.74) is 2.41. The third-order valence-corrected chi connectivity index (χ3v) is 4.61. The fourth-order valence-corrected chi connectivity index (χ4v) is 3.34. The number of aromatic nitrogens is 2. The van der Waals surface area contributed by atoms with Crippen molar-refractivity contribution >= 4 is 11.6 Å². The second kappa shape index (κ2) is 6.82. The van der Waals surface area contributed by atoms with Crippen LogP contribution in [0.15, 0.2) is 36.7 Å². The zero-order valence-corrected chi connectivity index (χ0v) is 13.6. The summed E-state index contributed by atoms with van der Waals surface area (Å²) in [7, 11) is 1.93. The maximum Gasteiger partial charge on any atom is 0.0699 e. The van der Waals surface area contributed by atoms with E-state index in [1.807, 2.05) is 48.4 Å². The summed E-state index contributed by atoms with van der Waals surface area (Å²) in [6.45, 7) is 1.85. The maximum absolute atomic E-state index is 10.4. The van der Waals surface area contributed by atoms with E-state index in [0.29, 0.717) is 0 Å². The molecule has 0 aliphatic carbocycles. The number of aliphatic hydroxyl groups excluding tert-OH is 1. The standard InChI is InChI=1S/C17H22ClN3O/c1-20-11-14(10-19-20)12-21-8-2-3-17(22)16(21)9-13-4-6-15(18)7-5-13/h4-7,10-11,16-17,22H,2-3,8-9,12H2,1H3/t16-,17-/m0/s1. The van der Waals surface area contributed by atoms with E-state index in [1.165, 1.54) is 11.1 Å². The highest BCUT2D eigenvalue weighted by atomic mass is 35.5. The summed E-state index contributed by atoms with van der Waals surface area (Å²) in [6, 6.07) is 8.07. The molecule has 1 aromatic carbocycles. The Morgan fingerprint density at radius 2 is 2.05 bits per heavy atom. The summed E-state index contributed by atoms with van der Waals surface area (Å²) in [6.07, 6.45) is 6.43. The van der Waals surface area contributed by atoms with Gasteiger partial charge < -0.3 is 5.11 Å². The van der Waals surface area contributed by atoms with E-state index < -0.39 is 0 Å². The molecule has 1 fully saturated rings. The summed E-state index contributed by atoms with van der Waals surface area (Å²) < 4.78 is 1.82. The Balaban J connectivity index is 1.73. The maximum atomic E-state index is 10.4. The van der Waals surface area contributed by atoms with E-state index in [1.54, 1.807) is 0 Å². The van der Waals surface area contributed by atoms with Crippen LogP contribution in [0.25, 0.3) is 0 Å². The van der Waals surface area contributed by atoms with Gasteiger partial charge in [0.05, 0.1) is 12.3 Å². The van der Waals surface area contributed by atoms with Crippen LogP contribution in [0, 0.1) is 0 Å². The number of likely N-dealkylation sites (tertiary alicyclic amines) is 1. The van der Waals surface area contributed by atoms with E-state index in [-0.39, 0.29) is 12.1 Å². The van der Waals surface area contributed by atoms with Crippen LogP contribution in [0.3, 0.4) is 0 Å². The van der Waals surface area contributed by atoms with Crippen LogP contribution in [0.5, 0.6) is 0 Å². The quantitative estimate of drug-likeness (QED) is 0.942. The average molecular weight is 320 g/mol. The predicted molar refractivity (Wildman–Crippen MR) is 87.8 cm³/mol. The van der Waals surface area contributed by atoms with Gasteiger partial charge in [-0.2, -0.15) is 5.10 Å². The van der Waals surface area contributed by atoms with Crippen molar-refractivity contribution < 1.29 is 5.11 Å². The molecule has 118 valence electrons. The highest BCUT2D eigenvalue weighted by molar-refractivity contribution is 6.30. The van der Waals surface area contributed by atoms with Crippen molar-refractivity contribution in [3.63, 3.8) is 0 Å². The number of aryl methyl sites for hydroxylation is 1. The van der Waals surface area contributed by atoms with Gasteiger partial charge in [-0.25, -0.2) is 0 Å². The average Bonchev–Trinajstić information content (AvgIpc) is 2.90. The van der Waals surface area contributed by atoms with Crippen LogP contribution in [0.1, 0.15) is 24.0 Å². The molecule has 0 spiro atoms. The van der Waals surface area contributed by atoms with E-state index in [2.05, 4.69) is 10.00 Å². The zero-order valence-electron chi connectivity index (χ0n) is 12.8. The minimum Gasteiger partial charge on any atom is -0.391 e. The van der Waals surface area contributed by atoms with Gasteiger partial charge in [0.2, 0.25) is 0 Å². The van der Waals surface area contributed by atoms with Crippen LogP contribution < -0.4 is 0 Å². The van der Waals surface area contributed by atoms with Crippen LogP contribution >= 0.6 is 11.6 Å². The van der Waals surface area contributed by atoms with E-state index in [9.17, 15) is 5.11 Å². The van der Waals surface area contributed by atoms with Gasteiger partial charge in [0, 0.05) is 36.4 Å². The largest absolute Gasteiger partial charge is 0.391 e. The fourth-order valence-electron chi connectivity index (χ4n) is 3.22. The summed E-state index contributed by atoms with van der Waals surface area (Å²) in [5.74, 6) is 0. The highest BCUT2D eigenvalue weighted by Gasteiger charge is 2.30. The number of benzene rings is 1.